The van der Waals surface area contributed by atoms with E-state index in [-0.39, 0.29) is 5.56 Å². The normalized spacial score (nSPS) is 15.4. The number of rotatable bonds is 4. The molecule has 0 radical (unpaired) electrons. The van der Waals surface area contributed by atoms with E-state index < -0.39 is 0 Å². The van der Waals surface area contributed by atoms with Crippen LogP contribution in [0.2, 0.25) is 0 Å². The van der Waals surface area contributed by atoms with E-state index in [0.717, 1.165) is 37.2 Å². The van der Waals surface area contributed by atoms with Gasteiger partial charge < -0.3 is 9.32 Å². The number of oxazole rings is 1. The molecule has 0 amide bonds. The van der Waals surface area contributed by atoms with E-state index in [1.807, 2.05) is 12.1 Å². The molecule has 0 spiro atoms. The van der Waals surface area contributed by atoms with E-state index in [0.29, 0.717) is 18.5 Å². The summed E-state index contributed by atoms with van der Waals surface area (Å²) in [5.41, 5.74) is 1.69. The molecule has 0 atom stereocenters. The van der Waals surface area contributed by atoms with Crippen LogP contribution in [0, 0.1) is 5.92 Å². The lowest BCUT2D eigenvalue weighted by atomic mass is 9.97. The summed E-state index contributed by atoms with van der Waals surface area (Å²) in [4.78, 5) is 22.5. The maximum Gasteiger partial charge on any atom is 0.297 e. The molecule has 4 rings (SSSR count). The Morgan fingerprint density at radius 3 is 2.60 bits per heavy atom. The number of pyridine rings is 1. The van der Waals surface area contributed by atoms with Gasteiger partial charge in [0, 0.05) is 43.7 Å². The van der Waals surface area contributed by atoms with Crippen molar-refractivity contribution in [1.82, 2.24) is 19.7 Å². The predicted octanol–water partition coefficient (Wildman–Crippen LogP) is 2.21. The van der Waals surface area contributed by atoms with Crippen molar-refractivity contribution < 1.29 is 4.42 Å². The van der Waals surface area contributed by atoms with Crippen LogP contribution in [0.1, 0.15) is 12.8 Å². The van der Waals surface area contributed by atoms with Crippen molar-refractivity contribution in [1.29, 1.82) is 0 Å². The highest BCUT2D eigenvalue weighted by molar-refractivity contribution is 5.56. The molecule has 0 aliphatic carbocycles. The van der Waals surface area contributed by atoms with Crippen LogP contribution in [-0.4, -0.2) is 32.8 Å². The zero-order chi connectivity index (χ0) is 17.1. The standard InChI is InChI=1S/C18H19N5O2/c24-17-2-1-16(15-3-7-19-8-4-15)21-23(17)13-14-5-10-22(11-6-14)18-20-9-12-25-18/h1-4,7-9,12,14H,5-6,10-11,13H2. The summed E-state index contributed by atoms with van der Waals surface area (Å²) in [7, 11) is 0. The molecule has 1 aliphatic heterocycles. The monoisotopic (exact) mass is 337 g/mol. The summed E-state index contributed by atoms with van der Waals surface area (Å²) in [6.45, 7) is 2.39. The molecule has 0 saturated carbocycles. The Morgan fingerprint density at radius 2 is 1.88 bits per heavy atom. The molecule has 1 aliphatic rings. The highest BCUT2D eigenvalue weighted by Gasteiger charge is 2.22. The number of hydrogen-bond acceptors (Lipinski definition) is 6. The molecule has 1 saturated heterocycles. The van der Waals surface area contributed by atoms with Crippen molar-refractivity contribution in [3.8, 4) is 11.3 Å². The van der Waals surface area contributed by atoms with Crippen LogP contribution < -0.4 is 10.5 Å². The van der Waals surface area contributed by atoms with Crippen LogP contribution in [-0.2, 0) is 6.54 Å². The number of anilines is 1. The highest BCUT2D eigenvalue weighted by Crippen LogP contribution is 2.23. The Balaban J connectivity index is 1.45. The van der Waals surface area contributed by atoms with E-state index in [2.05, 4.69) is 20.0 Å². The van der Waals surface area contributed by atoms with Crippen LogP contribution >= 0.6 is 0 Å². The van der Waals surface area contributed by atoms with Gasteiger partial charge in [0.05, 0.1) is 11.9 Å². The van der Waals surface area contributed by atoms with Gasteiger partial charge in [0.2, 0.25) is 0 Å². The summed E-state index contributed by atoms with van der Waals surface area (Å²) >= 11 is 0. The smallest absolute Gasteiger partial charge is 0.297 e. The molecule has 0 bridgehead atoms. The third kappa shape index (κ3) is 3.45. The van der Waals surface area contributed by atoms with E-state index in [4.69, 9.17) is 4.42 Å². The molecule has 1 fully saturated rings. The van der Waals surface area contributed by atoms with Crippen LogP contribution in [0.3, 0.4) is 0 Å². The SMILES string of the molecule is O=c1ccc(-c2ccncc2)nn1CC1CCN(c2ncco2)CC1. The fourth-order valence-corrected chi connectivity index (χ4v) is 3.18. The topological polar surface area (TPSA) is 77.1 Å². The molecule has 0 unspecified atom stereocenters. The van der Waals surface area contributed by atoms with Crippen molar-refractivity contribution in [2.24, 2.45) is 5.92 Å². The summed E-state index contributed by atoms with van der Waals surface area (Å²) in [6, 6.07) is 7.82. The number of piperidine rings is 1. The van der Waals surface area contributed by atoms with Gasteiger partial charge in [-0.3, -0.25) is 9.78 Å². The summed E-state index contributed by atoms with van der Waals surface area (Å²) in [5.74, 6) is 0.420. The van der Waals surface area contributed by atoms with Gasteiger partial charge in [0.1, 0.15) is 6.26 Å². The molecule has 7 nitrogen and oxygen atoms in total. The first-order chi connectivity index (χ1) is 12.3. The van der Waals surface area contributed by atoms with E-state index >= 15 is 0 Å². The summed E-state index contributed by atoms with van der Waals surface area (Å²) in [6.07, 6.45) is 8.67. The zero-order valence-corrected chi connectivity index (χ0v) is 13.8. The molecule has 3 aromatic rings. The van der Waals surface area contributed by atoms with Crippen molar-refractivity contribution in [2.75, 3.05) is 18.0 Å². The van der Waals surface area contributed by atoms with E-state index in [1.165, 1.54) is 0 Å². The van der Waals surface area contributed by atoms with Crippen molar-refractivity contribution in [3.05, 3.63) is 59.5 Å². The lowest BCUT2D eigenvalue weighted by molar-refractivity contribution is 0.327. The maximum absolute atomic E-state index is 12.2. The second kappa shape index (κ2) is 6.88. The van der Waals surface area contributed by atoms with Gasteiger partial charge >= 0.3 is 0 Å². The fourth-order valence-electron chi connectivity index (χ4n) is 3.18. The van der Waals surface area contributed by atoms with Gasteiger partial charge in [-0.25, -0.2) is 9.67 Å². The summed E-state index contributed by atoms with van der Waals surface area (Å²) < 4.78 is 6.94. The number of nitrogens with zero attached hydrogens (tertiary/aromatic N) is 5. The van der Waals surface area contributed by atoms with Gasteiger partial charge in [-0.15, -0.1) is 0 Å². The first-order valence-corrected chi connectivity index (χ1v) is 8.42. The Labute approximate surface area is 145 Å². The highest BCUT2D eigenvalue weighted by atomic mass is 16.4. The quantitative estimate of drug-likeness (QED) is 0.726. The lowest BCUT2D eigenvalue weighted by Crippen LogP contribution is -2.37. The van der Waals surface area contributed by atoms with Gasteiger partial charge in [-0.05, 0) is 37.0 Å². The minimum atomic E-state index is -0.0621. The van der Waals surface area contributed by atoms with E-state index in [9.17, 15) is 4.79 Å². The Hall–Kier alpha value is -2.96. The molecule has 7 heteroatoms. The second-order valence-electron chi connectivity index (χ2n) is 6.22. The predicted molar refractivity (Wildman–Crippen MR) is 93.2 cm³/mol. The van der Waals surface area contributed by atoms with Crippen LogP contribution in [0.15, 0.2) is 58.3 Å². The maximum atomic E-state index is 12.2. The average molecular weight is 337 g/mol. The summed E-state index contributed by atoms with van der Waals surface area (Å²) in [5, 5.41) is 4.54. The molecular weight excluding hydrogens is 318 g/mol. The molecule has 0 aromatic carbocycles. The van der Waals surface area contributed by atoms with Gasteiger partial charge in [-0.1, -0.05) is 0 Å². The lowest BCUT2D eigenvalue weighted by Gasteiger charge is -2.30. The molecular formula is C18H19N5O2. The third-order valence-corrected chi connectivity index (χ3v) is 4.58. The van der Waals surface area contributed by atoms with Crippen LogP contribution in [0.5, 0.6) is 0 Å². The largest absolute Gasteiger partial charge is 0.432 e. The van der Waals surface area contributed by atoms with Crippen LogP contribution in [0.4, 0.5) is 6.01 Å². The van der Waals surface area contributed by atoms with Crippen LogP contribution in [0.25, 0.3) is 11.3 Å². The van der Waals surface area contributed by atoms with Gasteiger partial charge in [0.15, 0.2) is 0 Å². The molecule has 4 heterocycles. The third-order valence-electron chi connectivity index (χ3n) is 4.58. The molecule has 0 N–H and O–H groups in total. The number of hydrogen-bond donors (Lipinski definition) is 0. The van der Waals surface area contributed by atoms with Crippen molar-refractivity contribution >= 4 is 6.01 Å². The minimum absolute atomic E-state index is 0.0621. The Morgan fingerprint density at radius 1 is 1.08 bits per heavy atom. The first-order valence-electron chi connectivity index (χ1n) is 8.42. The fraction of sp³-hybridized carbons (Fsp3) is 0.333. The zero-order valence-electron chi connectivity index (χ0n) is 13.8. The average Bonchev–Trinajstić information content (AvgIpc) is 3.20. The van der Waals surface area contributed by atoms with Gasteiger partial charge in [-0.2, -0.15) is 5.10 Å². The van der Waals surface area contributed by atoms with Gasteiger partial charge in [0.25, 0.3) is 11.6 Å². The van der Waals surface area contributed by atoms with Crippen molar-refractivity contribution in [2.45, 2.75) is 19.4 Å². The Kier molecular flexibility index (Phi) is 4.28. The number of aromatic nitrogens is 4. The second-order valence-corrected chi connectivity index (χ2v) is 6.22. The minimum Gasteiger partial charge on any atom is -0.432 e. The molecule has 128 valence electrons. The van der Waals surface area contributed by atoms with E-state index in [1.54, 1.807) is 41.7 Å². The first kappa shape index (κ1) is 15.6. The molecule has 25 heavy (non-hydrogen) atoms. The van der Waals surface area contributed by atoms with Crippen molar-refractivity contribution in [3.63, 3.8) is 0 Å². The molecule has 3 aromatic heterocycles. The Bertz CT molecular complexity index is 868.